The summed E-state index contributed by atoms with van der Waals surface area (Å²) in [5.41, 5.74) is 4.52. The Hall–Kier alpha value is -3.00. The number of benzene rings is 1. The quantitative estimate of drug-likeness (QED) is 0.303. The number of nitrogen functional groups attached to an aromatic ring is 1. The molecule has 1 aromatic heterocycles. The first kappa shape index (κ1) is 29.0. The summed E-state index contributed by atoms with van der Waals surface area (Å²) in [4.78, 5) is 28.2. The second kappa shape index (κ2) is 11.6. The molecule has 7 atom stereocenters. The lowest BCUT2D eigenvalue weighted by atomic mass is 10.1. The van der Waals surface area contributed by atoms with Crippen LogP contribution in [0.5, 0.6) is 17.2 Å². The van der Waals surface area contributed by atoms with Gasteiger partial charge in [-0.3, -0.25) is 18.1 Å². The number of rotatable bonds is 10. The summed E-state index contributed by atoms with van der Waals surface area (Å²) in [7, 11) is -6.42. The number of carbonyl (C=O) groups is 1. The van der Waals surface area contributed by atoms with Crippen LogP contribution in [0.25, 0.3) is 0 Å². The number of hydrogen-bond donors (Lipinski definition) is 2. The molecule has 13 nitrogen and oxygen atoms in total. The van der Waals surface area contributed by atoms with E-state index < -0.39 is 77.7 Å². The fourth-order valence-corrected chi connectivity index (χ4v) is 7.79. The number of esters is 1. The topological polar surface area (TPSA) is 178 Å². The van der Waals surface area contributed by atoms with Crippen molar-refractivity contribution in [3.63, 3.8) is 0 Å². The van der Waals surface area contributed by atoms with Gasteiger partial charge in [0.25, 0.3) is 0 Å². The van der Waals surface area contributed by atoms with Crippen molar-refractivity contribution < 1.29 is 46.3 Å². The van der Waals surface area contributed by atoms with Gasteiger partial charge in [0.1, 0.15) is 23.0 Å². The molecule has 1 saturated heterocycles. The molecule has 0 radical (unpaired) electrons. The number of nitrogens with zero attached hydrogens (tertiary/aromatic N) is 2. The minimum absolute atomic E-state index is 0.00537. The lowest BCUT2D eigenvalue weighted by molar-refractivity contribution is -0.151. The van der Waals surface area contributed by atoms with Crippen molar-refractivity contribution in [2.75, 3.05) is 25.3 Å². The second-order valence-corrected chi connectivity index (χ2v) is 13.1. The van der Waals surface area contributed by atoms with Crippen LogP contribution in [-0.2, 0) is 29.4 Å². The zero-order chi connectivity index (χ0) is 28.5. The number of fused-ring (bicyclic) bond motifs is 1. The van der Waals surface area contributed by atoms with E-state index in [-0.39, 0.29) is 18.4 Å². The van der Waals surface area contributed by atoms with Gasteiger partial charge < -0.3 is 29.6 Å². The van der Waals surface area contributed by atoms with Crippen molar-refractivity contribution in [3.05, 3.63) is 40.9 Å². The van der Waals surface area contributed by atoms with Gasteiger partial charge in [-0.2, -0.15) is 4.98 Å². The summed E-state index contributed by atoms with van der Waals surface area (Å²) < 4.78 is 70.0. The van der Waals surface area contributed by atoms with Crippen LogP contribution < -0.4 is 25.4 Å². The molecule has 3 N–H and O–H groups in total. The van der Waals surface area contributed by atoms with E-state index in [0.717, 1.165) is 10.8 Å². The number of ether oxygens (including phenoxy) is 3. The lowest BCUT2D eigenvalue weighted by Gasteiger charge is -2.24. The van der Waals surface area contributed by atoms with E-state index in [1.807, 2.05) is 0 Å². The Morgan fingerprint density at radius 3 is 2.72 bits per heavy atom. The van der Waals surface area contributed by atoms with Crippen LogP contribution in [0.4, 0.5) is 10.2 Å². The third-order valence-corrected chi connectivity index (χ3v) is 9.92. The van der Waals surface area contributed by atoms with E-state index >= 15 is 4.39 Å². The van der Waals surface area contributed by atoms with Crippen LogP contribution in [0.1, 0.15) is 26.1 Å². The molecule has 2 aliphatic rings. The smallest absolute Gasteiger partial charge is 0.380 e. The molecule has 0 aliphatic carbocycles. The standard InChI is InChI=1S/C23H29FN3O10PS/c1-12(2)36-22(29)13(3)10-38(31,37-14-4-5-15-16(8-14)34-11-33-15)35-9-17-20(28)19(24)21(39(17)32)27-7-6-18(25)26-23(27)30/h4-8,12-13,17,19-21,28H,9-11H2,1-3H3,(H2,25,26,30)/t13-,17?,19+,20-,21-,38-,39?/m1/s1. The van der Waals surface area contributed by atoms with Crippen molar-refractivity contribution >= 4 is 30.2 Å². The molecule has 3 heterocycles. The summed E-state index contributed by atoms with van der Waals surface area (Å²) >= 11 is 0. The summed E-state index contributed by atoms with van der Waals surface area (Å²) in [5, 5.41) is 7.55. The van der Waals surface area contributed by atoms with Gasteiger partial charge in [-0.1, -0.05) is 6.92 Å². The highest BCUT2D eigenvalue weighted by Crippen LogP contribution is 2.52. The Labute approximate surface area is 225 Å². The molecule has 0 amide bonds. The molecule has 2 aliphatic heterocycles. The number of aliphatic hydroxyl groups is 1. The number of alkyl halides is 1. The van der Waals surface area contributed by atoms with Crippen LogP contribution in [-0.4, -0.2) is 68.0 Å². The molecule has 4 rings (SSSR count). The third kappa shape index (κ3) is 6.43. The van der Waals surface area contributed by atoms with Crippen LogP contribution in [0.3, 0.4) is 0 Å². The molecule has 214 valence electrons. The van der Waals surface area contributed by atoms with Crippen molar-refractivity contribution in [2.24, 2.45) is 5.92 Å². The molecule has 0 saturated carbocycles. The number of aliphatic hydroxyl groups excluding tert-OH is 1. The highest BCUT2D eigenvalue weighted by Gasteiger charge is 2.51. The zero-order valence-electron chi connectivity index (χ0n) is 21.3. The van der Waals surface area contributed by atoms with E-state index in [4.69, 9.17) is 29.0 Å². The normalized spacial score (nSPS) is 26.3. The van der Waals surface area contributed by atoms with Gasteiger partial charge in [-0.15, -0.1) is 0 Å². The van der Waals surface area contributed by atoms with E-state index in [0.29, 0.717) is 11.5 Å². The highest BCUT2D eigenvalue weighted by molar-refractivity contribution is 7.86. The summed E-state index contributed by atoms with van der Waals surface area (Å²) in [6, 6.07) is 5.64. The minimum Gasteiger partial charge on any atom is -0.463 e. The molecule has 39 heavy (non-hydrogen) atoms. The summed E-state index contributed by atoms with van der Waals surface area (Å²) in [6.45, 7) is 4.11. The maximum absolute atomic E-state index is 15.1. The average molecular weight is 590 g/mol. The molecule has 1 fully saturated rings. The number of hydrogen-bond acceptors (Lipinski definition) is 12. The van der Waals surface area contributed by atoms with Gasteiger partial charge >= 0.3 is 19.3 Å². The molecule has 0 bridgehead atoms. The number of carbonyl (C=O) groups excluding carboxylic acids is 1. The molecule has 2 unspecified atom stereocenters. The summed E-state index contributed by atoms with van der Waals surface area (Å²) in [5.74, 6) is -0.837. The summed E-state index contributed by atoms with van der Waals surface area (Å²) in [6.07, 6.45) is -3.69. The molecular formula is C23H29FN3O10PS. The van der Waals surface area contributed by atoms with Crippen molar-refractivity contribution in [2.45, 2.75) is 49.8 Å². The predicted octanol–water partition coefficient (Wildman–Crippen LogP) is 1.76. The van der Waals surface area contributed by atoms with Gasteiger partial charge in [0.15, 0.2) is 17.7 Å². The number of nitrogens with two attached hydrogens (primary N) is 1. The Kier molecular flexibility index (Phi) is 8.64. The van der Waals surface area contributed by atoms with Crippen molar-refractivity contribution in [1.82, 2.24) is 9.55 Å². The third-order valence-electron chi connectivity index (χ3n) is 5.92. The Morgan fingerprint density at radius 1 is 1.31 bits per heavy atom. The average Bonchev–Trinajstić information content (AvgIpc) is 3.40. The van der Waals surface area contributed by atoms with E-state index in [2.05, 4.69) is 4.98 Å². The largest absolute Gasteiger partial charge is 0.463 e. The minimum atomic E-state index is -4.22. The van der Waals surface area contributed by atoms with E-state index in [1.165, 1.54) is 31.2 Å². The lowest BCUT2D eigenvalue weighted by Crippen LogP contribution is -2.33. The predicted molar refractivity (Wildman–Crippen MR) is 137 cm³/mol. The number of halogens is 1. The Bertz CT molecular complexity index is 1360. The molecule has 1 aromatic carbocycles. The fraction of sp³-hybridized carbons (Fsp3) is 0.522. The maximum atomic E-state index is 15.1. The Balaban J connectivity index is 1.55. The zero-order valence-corrected chi connectivity index (χ0v) is 23.0. The number of anilines is 1. The Morgan fingerprint density at radius 2 is 2.03 bits per heavy atom. The SMILES string of the molecule is CC(C)OC(=O)[C@H](C)C[P@@](=O)(OCC1[C@@H](O)[C@H](F)[C@H](n2ccc(N)nc2=O)S1=O)Oc1ccc2c(c1)OCO2. The highest BCUT2D eigenvalue weighted by atomic mass is 32.2. The van der Waals surface area contributed by atoms with Gasteiger partial charge in [0.2, 0.25) is 6.79 Å². The van der Waals surface area contributed by atoms with Gasteiger partial charge in [0, 0.05) is 12.3 Å². The first-order chi connectivity index (χ1) is 18.4. The first-order valence-corrected chi connectivity index (χ1v) is 15.0. The number of aromatic nitrogens is 2. The van der Waals surface area contributed by atoms with Crippen LogP contribution in [0.2, 0.25) is 0 Å². The maximum Gasteiger partial charge on any atom is 0.380 e. The van der Waals surface area contributed by atoms with Crippen molar-refractivity contribution in [3.8, 4) is 17.2 Å². The molecular weight excluding hydrogens is 560 g/mol. The second-order valence-electron chi connectivity index (χ2n) is 9.32. The molecule has 16 heteroatoms. The fourth-order valence-electron chi connectivity index (χ4n) is 4.02. The molecule has 2 aromatic rings. The molecule has 0 spiro atoms. The van der Waals surface area contributed by atoms with Gasteiger partial charge in [0.05, 0.1) is 40.8 Å². The van der Waals surface area contributed by atoms with Crippen LogP contribution in [0, 0.1) is 5.92 Å². The van der Waals surface area contributed by atoms with E-state index in [9.17, 15) is 23.5 Å². The van der Waals surface area contributed by atoms with Gasteiger partial charge in [-0.25, -0.2) is 13.8 Å². The van der Waals surface area contributed by atoms with E-state index in [1.54, 1.807) is 13.8 Å². The van der Waals surface area contributed by atoms with Crippen molar-refractivity contribution in [1.29, 1.82) is 0 Å². The van der Waals surface area contributed by atoms with Crippen LogP contribution >= 0.6 is 7.60 Å². The van der Waals surface area contributed by atoms with Gasteiger partial charge in [-0.05, 0) is 32.0 Å². The first-order valence-electron chi connectivity index (χ1n) is 12.0. The van der Waals surface area contributed by atoms with Crippen LogP contribution in [0.15, 0.2) is 35.3 Å². The monoisotopic (exact) mass is 589 g/mol.